The molecule has 0 aliphatic heterocycles. The van der Waals surface area contributed by atoms with Gasteiger partial charge in [0.05, 0.1) is 30.4 Å². The van der Waals surface area contributed by atoms with E-state index in [4.69, 9.17) is 4.74 Å². The molecule has 0 aromatic heterocycles. The number of rotatable bonds is 10. The van der Waals surface area contributed by atoms with Crippen molar-refractivity contribution in [2.45, 2.75) is 31.8 Å². The third kappa shape index (κ3) is 6.86. The van der Waals surface area contributed by atoms with Gasteiger partial charge in [-0.05, 0) is 37.1 Å². The molecular formula is C21H24F2N2O7S. The molecule has 0 spiro atoms. The Balaban J connectivity index is 2.14. The Morgan fingerprint density at radius 2 is 1.73 bits per heavy atom. The molecule has 0 aliphatic carbocycles. The van der Waals surface area contributed by atoms with Gasteiger partial charge in [-0.25, -0.2) is 17.9 Å². The molecule has 0 saturated carbocycles. The maximum absolute atomic E-state index is 12.7. The number of nitrogens with one attached hydrogen (secondary N) is 2. The molecule has 0 fully saturated rings. The summed E-state index contributed by atoms with van der Waals surface area (Å²) in [5, 5.41) is 2.38. The third-order valence-corrected chi connectivity index (χ3v) is 6.09. The number of methoxy groups -OCH3 is 2. The van der Waals surface area contributed by atoms with Gasteiger partial charge >= 0.3 is 12.6 Å². The van der Waals surface area contributed by atoms with Gasteiger partial charge in [0, 0.05) is 25.1 Å². The number of alkyl halides is 2. The molecule has 9 nitrogen and oxygen atoms in total. The average molecular weight is 486 g/mol. The predicted octanol–water partition coefficient (Wildman–Crippen LogP) is 3.01. The minimum atomic E-state index is -3.85. The Bertz CT molecular complexity index is 1140. The van der Waals surface area contributed by atoms with Crippen LogP contribution in [0.15, 0.2) is 35.2 Å². The molecule has 0 radical (unpaired) electrons. The summed E-state index contributed by atoms with van der Waals surface area (Å²) in [5.74, 6) is -2.13. The van der Waals surface area contributed by atoms with Crippen molar-refractivity contribution in [2.24, 2.45) is 0 Å². The second-order valence-corrected chi connectivity index (χ2v) is 8.63. The van der Waals surface area contributed by atoms with Gasteiger partial charge in [-0.1, -0.05) is 6.07 Å². The lowest BCUT2D eigenvalue weighted by atomic mass is 10.1. The zero-order chi connectivity index (χ0) is 24.8. The van der Waals surface area contributed by atoms with Crippen molar-refractivity contribution in [1.82, 2.24) is 4.72 Å². The minimum absolute atomic E-state index is 0.0583. The molecule has 0 aliphatic rings. The third-order valence-electron chi connectivity index (χ3n) is 4.63. The molecule has 0 unspecified atom stereocenters. The number of aryl methyl sites for hydroxylation is 2. The van der Waals surface area contributed by atoms with Crippen molar-refractivity contribution in [3.05, 3.63) is 47.0 Å². The van der Waals surface area contributed by atoms with Crippen LogP contribution in [0.5, 0.6) is 11.5 Å². The standard InChI is InChI=1S/C21H24F2N2O7S/c1-12-5-6-14(9-13(12)2)33(28,29)24-8-7-19(26)25-16-11-18(32-21(22)23)17(30-3)10-15(16)20(27)31-4/h5-6,9-11,21,24H,7-8H2,1-4H3,(H,25,26). The molecule has 0 bridgehead atoms. The van der Waals surface area contributed by atoms with Crippen LogP contribution < -0.4 is 19.5 Å². The topological polar surface area (TPSA) is 120 Å². The van der Waals surface area contributed by atoms with Crippen LogP contribution in [-0.4, -0.2) is 47.7 Å². The summed E-state index contributed by atoms with van der Waals surface area (Å²) >= 11 is 0. The Hall–Kier alpha value is -3.25. The van der Waals surface area contributed by atoms with Crippen molar-refractivity contribution in [1.29, 1.82) is 0 Å². The van der Waals surface area contributed by atoms with E-state index in [1.165, 1.54) is 19.2 Å². The van der Waals surface area contributed by atoms with E-state index in [1.54, 1.807) is 13.0 Å². The van der Waals surface area contributed by atoms with Crippen molar-refractivity contribution >= 4 is 27.6 Å². The van der Waals surface area contributed by atoms with Crippen LogP contribution in [0.1, 0.15) is 27.9 Å². The van der Waals surface area contributed by atoms with Crippen molar-refractivity contribution in [2.75, 3.05) is 26.1 Å². The van der Waals surface area contributed by atoms with Crippen LogP contribution in [0, 0.1) is 13.8 Å². The lowest BCUT2D eigenvalue weighted by Gasteiger charge is -2.15. The first-order valence-electron chi connectivity index (χ1n) is 9.60. The molecule has 2 aromatic carbocycles. The van der Waals surface area contributed by atoms with Gasteiger partial charge < -0.3 is 19.5 Å². The van der Waals surface area contributed by atoms with Gasteiger partial charge in [-0.15, -0.1) is 0 Å². The van der Waals surface area contributed by atoms with E-state index in [1.807, 2.05) is 6.92 Å². The smallest absolute Gasteiger partial charge is 0.387 e. The van der Waals surface area contributed by atoms with Crippen molar-refractivity contribution in [3.63, 3.8) is 0 Å². The highest BCUT2D eigenvalue weighted by Crippen LogP contribution is 2.35. The summed E-state index contributed by atoms with van der Waals surface area (Å²) in [6.45, 7) is 0.210. The van der Waals surface area contributed by atoms with E-state index >= 15 is 0 Å². The maximum Gasteiger partial charge on any atom is 0.387 e. The highest BCUT2D eigenvalue weighted by atomic mass is 32.2. The number of esters is 1. The monoisotopic (exact) mass is 486 g/mol. The Labute approximate surface area is 190 Å². The van der Waals surface area contributed by atoms with Gasteiger partial charge in [0.2, 0.25) is 15.9 Å². The summed E-state index contributed by atoms with van der Waals surface area (Å²) in [4.78, 5) is 24.5. The molecule has 2 N–H and O–H groups in total. The molecule has 0 saturated heterocycles. The van der Waals surface area contributed by atoms with Gasteiger partial charge in [0.25, 0.3) is 0 Å². The number of benzene rings is 2. The lowest BCUT2D eigenvalue weighted by molar-refractivity contribution is -0.116. The van der Waals surface area contributed by atoms with Crippen molar-refractivity contribution in [3.8, 4) is 11.5 Å². The largest absolute Gasteiger partial charge is 0.493 e. The number of anilines is 1. The van der Waals surface area contributed by atoms with Crippen LogP contribution in [0.2, 0.25) is 0 Å². The molecule has 12 heteroatoms. The average Bonchev–Trinajstić information content (AvgIpc) is 2.74. The van der Waals surface area contributed by atoms with Gasteiger partial charge in [-0.2, -0.15) is 8.78 Å². The normalized spacial score (nSPS) is 11.2. The van der Waals surface area contributed by atoms with Crippen LogP contribution >= 0.6 is 0 Å². The van der Waals surface area contributed by atoms with Crippen LogP contribution in [0.25, 0.3) is 0 Å². The van der Waals surface area contributed by atoms with Crippen LogP contribution in [-0.2, 0) is 19.6 Å². The quantitative estimate of drug-likeness (QED) is 0.496. The number of hydrogen-bond donors (Lipinski definition) is 2. The summed E-state index contributed by atoms with van der Waals surface area (Å²) in [7, 11) is -1.55. The molecule has 2 rings (SSSR count). The van der Waals surface area contributed by atoms with Crippen LogP contribution in [0.3, 0.4) is 0 Å². The Morgan fingerprint density at radius 1 is 1.03 bits per heavy atom. The highest BCUT2D eigenvalue weighted by molar-refractivity contribution is 7.89. The van der Waals surface area contributed by atoms with Crippen molar-refractivity contribution < 1.29 is 41.0 Å². The fraction of sp³-hybridized carbons (Fsp3) is 0.333. The number of hydrogen-bond acceptors (Lipinski definition) is 7. The minimum Gasteiger partial charge on any atom is -0.493 e. The zero-order valence-electron chi connectivity index (χ0n) is 18.4. The molecule has 0 atom stereocenters. The zero-order valence-corrected chi connectivity index (χ0v) is 19.2. The predicted molar refractivity (Wildman–Crippen MR) is 115 cm³/mol. The molecular weight excluding hydrogens is 462 g/mol. The summed E-state index contributed by atoms with van der Waals surface area (Å²) < 4.78 is 66.5. The van der Waals surface area contributed by atoms with Crippen LogP contribution in [0.4, 0.5) is 14.5 Å². The van der Waals surface area contributed by atoms with E-state index in [0.717, 1.165) is 30.4 Å². The summed E-state index contributed by atoms with van der Waals surface area (Å²) in [5.41, 5.74) is 1.40. The Kier molecular flexibility index (Phi) is 8.71. The van der Waals surface area contributed by atoms with E-state index in [-0.39, 0.29) is 34.9 Å². The molecule has 1 amide bonds. The summed E-state index contributed by atoms with van der Waals surface area (Å²) in [6.07, 6.45) is -0.304. The molecule has 2 aromatic rings. The second-order valence-electron chi connectivity index (χ2n) is 6.86. The number of carbonyl (C=O) groups excluding carboxylic acids is 2. The molecule has 0 heterocycles. The van der Waals surface area contributed by atoms with E-state index < -0.39 is 34.3 Å². The lowest BCUT2D eigenvalue weighted by Crippen LogP contribution is -2.28. The SMILES string of the molecule is COC(=O)c1cc(OC)c(OC(F)F)cc1NC(=O)CCNS(=O)(=O)c1ccc(C)c(C)c1. The first-order valence-corrected chi connectivity index (χ1v) is 11.1. The fourth-order valence-corrected chi connectivity index (χ4v) is 3.88. The maximum atomic E-state index is 12.7. The highest BCUT2D eigenvalue weighted by Gasteiger charge is 2.21. The van der Waals surface area contributed by atoms with E-state index in [2.05, 4.69) is 19.5 Å². The summed E-state index contributed by atoms with van der Waals surface area (Å²) in [6, 6.07) is 6.72. The molecule has 33 heavy (non-hydrogen) atoms. The first kappa shape index (κ1) is 26.0. The number of halogens is 2. The van der Waals surface area contributed by atoms with E-state index in [9.17, 15) is 26.8 Å². The Morgan fingerprint density at radius 3 is 2.30 bits per heavy atom. The number of amides is 1. The first-order chi connectivity index (χ1) is 15.5. The van der Waals surface area contributed by atoms with E-state index in [0.29, 0.717) is 0 Å². The molecule has 180 valence electrons. The van der Waals surface area contributed by atoms with Gasteiger partial charge in [0.15, 0.2) is 11.5 Å². The van der Waals surface area contributed by atoms with Gasteiger partial charge in [-0.3, -0.25) is 4.79 Å². The number of ether oxygens (including phenoxy) is 3. The van der Waals surface area contributed by atoms with Gasteiger partial charge in [0.1, 0.15) is 0 Å². The number of carbonyl (C=O) groups is 2. The fourth-order valence-electron chi connectivity index (χ4n) is 2.77. The second kappa shape index (κ2) is 11.1. The number of sulfonamides is 1.